The largest absolute Gasteiger partial charge is 0.396 e. The molecule has 1 atom stereocenters. The van der Waals surface area contributed by atoms with Crippen molar-refractivity contribution in [2.45, 2.75) is 12.8 Å². The van der Waals surface area contributed by atoms with Crippen LogP contribution in [0.1, 0.15) is 12.8 Å². The van der Waals surface area contributed by atoms with Crippen molar-refractivity contribution in [3.05, 3.63) is 18.7 Å². The SMILES string of the molecule is O=S(=O)(Nc1cncnc1)N1CCCC(CO)C1. The van der Waals surface area contributed by atoms with Crippen LogP contribution in [0.4, 0.5) is 5.69 Å². The average molecular weight is 272 g/mol. The Kier molecular flexibility index (Phi) is 4.10. The molecule has 1 aliphatic heterocycles. The molecule has 0 amide bonds. The van der Waals surface area contributed by atoms with E-state index in [2.05, 4.69) is 14.7 Å². The van der Waals surface area contributed by atoms with E-state index < -0.39 is 10.2 Å². The molecule has 8 heteroatoms. The van der Waals surface area contributed by atoms with Crippen molar-refractivity contribution in [3.8, 4) is 0 Å². The van der Waals surface area contributed by atoms with E-state index in [9.17, 15) is 8.42 Å². The Hall–Kier alpha value is -1.25. The summed E-state index contributed by atoms with van der Waals surface area (Å²) in [6.45, 7) is 0.833. The van der Waals surface area contributed by atoms with Crippen molar-refractivity contribution in [2.75, 3.05) is 24.4 Å². The van der Waals surface area contributed by atoms with E-state index in [4.69, 9.17) is 5.11 Å². The Balaban J connectivity index is 2.06. The molecule has 0 saturated carbocycles. The summed E-state index contributed by atoms with van der Waals surface area (Å²) in [5, 5.41) is 9.10. The molecule has 2 heterocycles. The fourth-order valence-corrected chi connectivity index (χ4v) is 3.27. The lowest BCUT2D eigenvalue weighted by Gasteiger charge is -2.30. The minimum absolute atomic E-state index is 0.0144. The highest BCUT2D eigenvalue weighted by Crippen LogP contribution is 2.19. The fourth-order valence-electron chi connectivity index (χ4n) is 1.96. The smallest absolute Gasteiger partial charge is 0.301 e. The Bertz CT molecular complexity index is 479. The third kappa shape index (κ3) is 3.15. The maximum Gasteiger partial charge on any atom is 0.301 e. The summed E-state index contributed by atoms with van der Waals surface area (Å²) in [7, 11) is -3.59. The van der Waals surface area contributed by atoms with Crippen molar-refractivity contribution < 1.29 is 13.5 Å². The molecule has 0 spiro atoms. The number of hydrogen-bond acceptors (Lipinski definition) is 5. The molecule has 1 unspecified atom stereocenters. The zero-order valence-corrected chi connectivity index (χ0v) is 10.7. The zero-order chi connectivity index (χ0) is 13.0. The number of anilines is 1. The van der Waals surface area contributed by atoms with Gasteiger partial charge in [-0.15, -0.1) is 0 Å². The van der Waals surface area contributed by atoms with Gasteiger partial charge in [0, 0.05) is 19.7 Å². The van der Waals surface area contributed by atoms with Crippen LogP contribution in [0, 0.1) is 5.92 Å². The number of piperidine rings is 1. The van der Waals surface area contributed by atoms with Crippen LogP contribution in [0.3, 0.4) is 0 Å². The summed E-state index contributed by atoms with van der Waals surface area (Å²) < 4.78 is 28.0. The highest BCUT2D eigenvalue weighted by Gasteiger charge is 2.28. The molecule has 1 aromatic heterocycles. The number of hydrogen-bond donors (Lipinski definition) is 2. The fraction of sp³-hybridized carbons (Fsp3) is 0.600. The minimum Gasteiger partial charge on any atom is -0.396 e. The van der Waals surface area contributed by atoms with Crippen LogP contribution in [0.15, 0.2) is 18.7 Å². The molecule has 100 valence electrons. The van der Waals surface area contributed by atoms with Crippen molar-refractivity contribution in [1.82, 2.24) is 14.3 Å². The summed E-state index contributed by atoms with van der Waals surface area (Å²) in [6, 6.07) is 0. The summed E-state index contributed by atoms with van der Waals surface area (Å²) in [4.78, 5) is 7.50. The maximum absolute atomic E-state index is 12.1. The second kappa shape index (κ2) is 5.59. The van der Waals surface area contributed by atoms with Gasteiger partial charge in [-0.2, -0.15) is 12.7 Å². The first kappa shape index (κ1) is 13.2. The van der Waals surface area contributed by atoms with Crippen LogP contribution in [-0.4, -0.2) is 47.5 Å². The van der Waals surface area contributed by atoms with Gasteiger partial charge in [-0.25, -0.2) is 9.97 Å². The Morgan fingerprint density at radius 1 is 1.44 bits per heavy atom. The highest BCUT2D eigenvalue weighted by molar-refractivity contribution is 7.90. The molecule has 1 fully saturated rings. The van der Waals surface area contributed by atoms with Crippen molar-refractivity contribution in [2.24, 2.45) is 5.92 Å². The Labute approximate surface area is 106 Å². The number of aliphatic hydroxyl groups excluding tert-OH is 1. The maximum atomic E-state index is 12.1. The summed E-state index contributed by atoms with van der Waals surface area (Å²) >= 11 is 0. The molecule has 7 nitrogen and oxygen atoms in total. The quantitative estimate of drug-likeness (QED) is 0.794. The molecular weight excluding hydrogens is 256 g/mol. The minimum atomic E-state index is -3.59. The molecule has 18 heavy (non-hydrogen) atoms. The van der Waals surface area contributed by atoms with Gasteiger partial charge < -0.3 is 5.11 Å². The molecule has 0 aliphatic carbocycles. The highest BCUT2D eigenvalue weighted by atomic mass is 32.2. The number of rotatable bonds is 4. The first-order valence-corrected chi connectivity index (χ1v) is 7.19. The van der Waals surface area contributed by atoms with Crippen LogP contribution in [0.5, 0.6) is 0 Å². The topological polar surface area (TPSA) is 95.4 Å². The average Bonchev–Trinajstić information content (AvgIpc) is 2.39. The second-order valence-corrected chi connectivity index (χ2v) is 5.95. The van der Waals surface area contributed by atoms with Crippen LogP contribution in [-0.2, 0) is 10.2 Å². The molecule has 0 aromatic carbocycles. The van der Waals surface area contributed by atoms with E-state index in [0.717, 1.165) is 12.8 Å². The van der Waals surface area contributed by atoms with Gasteiger partial charge in [-0.1, -0.05) is 0 Å². The van der Waals surface area contributed by atoms with Gasteiger partial charge >= 0.3 is 10.2 Å². The standard InChI is InChI=1S/C10H16N4O3S/c15-7-9-2-1-3-14(6-9)18(16,17)13-10-4-11-8-12-5-10/h4-5,8-9,13,15H,1-3,6-7H2. The Morgan fingerprint density at radius 3 is 2.83 bits per heavy atom. The van der Waals surface area contributed by atoms with Crippen LogP contribution in [0.2, 0.25) is 0 Å². The van der Waals surface area contributed by atoms with E-state index in [1.165, 1.54) is 23.0 Å². The predicted molar refractivity (Wildman–Crippen MR) is 66.0 cm³/mol. The molecule has 2 N–H and O–H groups in total. The lowest BCUT2D eigenvalue weighted by atomic mass is 10.0. The lowest BCUT2D eigenvalue weighted by Crippen LogP contribution is -2.43. The van der Waals surface area contributed by atoms with Crippen LogP contribution < -0.4 is 4.72 Å². The van der Waals surface area contributed by atoms with Crippen molar-refractivity contribution in [1.29, 1.82) is 0 Å². The van der Waals surface area contributed by atoms with Gasteiger partial charge in [-0.3, -0.25) is 4.72 Å². The van der Waals surface area contributed by atoms with E-state index in [1.807, 2.05) is 0 Å². The monoisotopic (exact) mass is 272 g/mol. The van der Waals surface area contributed by atoms with Gasteiger partial charge in [0.05, 0.1) is 18.1 Å². The number of nitrogens with one attached hydrogen (secondary N) is 1. The molecule has 1 saturated heterocycles. The predicted octanol–water partition coefficient (Wildman–Crippen LogP) is -0.162. The first-order valence-electron chi connectivity index (χ1n) is 5.75. The lowest BCUT2D eigenvalue weighted by molar-refractivity contribution is 0.166. The summed E-state index contributed by atoms with van der Waals surface area (Å²) in [5.41, 5.74) is 0.337. The van der Waals surface area contributed by atoms with Gasteiger partial charge in [0.2, 0.25) is 0 Å². The van der Waals surface area contributed by atoms with Crippen LogP contribution >= 0.6 is 0 Å². The van der Waals surface area contributed by atoms with Gasteiger partial charge in [0.25, 0.3) is 0 Å². The number of aromatic nitrogens is 2. The van der Waals surface area contributed by atoms with E-state index in [0.29, 0.717) is 18.8 Å². The normalized spacial score (nSPS) is 21.7. The van der Waals surface area contributed by atoms with Crippen molar-refractivity contribution >= 4 is 15.9 Å². The van der Waals surface area contributed by atoms with Gasteiger partial charge in [0.15, 0.2) is 0 Å². The van der Waals surface area contributed by atoms with E-state index >= 15 is 0 Å². The van der Waals surface area contributed by atoms with E-state index in [-0.39, 0.29) is 12.5 Å². The summed E-state index contributed by atoms with van der Waals surface area (Å²) in [5.74, 6) is 0.0161. The zero-order valence-electron chi connectivity index (χ0n) is 9.86. The first-order chi connectivity index (χ1) is 8.62. The summed E-state index contributed by atoms with van der Waals surface area (Å²) in [6.07, 6.45) is 5.75. The van der Waals surface area contributed by atoms with Gasteiger partial charge in [0.1, 0.15) is 6.33 Å². The molecule has 0 bridgehead atoms. The number of aliphatic hydroxyl groups is 1. The molecule has 1 aliphatic rings. The molecule has 1 aromatic rings. The molecule has 0 radical (unpaired) electrons. The number of nitrogens with zero attached hydrogens (tertiary/aromatic N) is 3. The third-order valence-corrected chi connectivity index (χ3v) is 4.39. The molecule has 2 rings (SSSR count). The Morgan fingerprint density at radius 2 is 2.17 bits per heavy atom. The van der Waals surface area contributed by atoms with E-state index in [1.54, 1.807) is 0 Å². The molecular formula is C10H16N4O3S. The van der Waals surface area contributed by atoms with Gasteiger partial charge in [-0.05, 0) is 18.8 Å². The second-order valence-electron chi connectivity index (χ2n) is 4.28. The van der Waals surface area contributed by atoms with Crippen LogP contribution in [0.25, 0.3) is 0 Å². The third-order valence-electron chi connectivity index (χ3n) is 2.89. The van der Waals surface area contributed by atoms with Crippen molar-refractivity contribution in [3.63, 3.8) is 0 Å².